The van der Waals surface area contributed by atoms with E-state index in [-0.39, 0.29) is 12.4 Å². The van der Waals surface area contributed by atoms with E-state index in [4.69, 9.17) is 0 Å². The monoisotopic (exact) mass is 280 g/mol. The SMILES string of the molecule is CC(C)NCc1cccc(F)c1N1CCC(CO)CC1. The van der Waals surface area contributed by atoms with Gasteiger partial charge < -0.3 is 15.3 Å². The Morgan fingerprint density at radius 1 is 1.35 bits per heavy atom. The first-order chi connectivity index (χ1) is 9.61. The van der Waals surface area contributed by atoms with E-state index in [1.54, 1.807) is 6.07 Å². The van der Waals surface area contributed by atoms with Gasteiger partial charge in [-0.05, 0) is 30.4 Å². The number of anilines is 1. The van der Waals surface area contributed by atoms with Crippen LogP contribution in [0, 0.1) is 11.7 Å². The molecule has 0 saturated carbocycles. The second kappa shape index (κ2) is 7.04. The van der Waals surface area contributed by atoms with Crippen LogP contribution in [-0.2, 0) is 6.54 Å². The summed E-state index contributed by atoms with van der Waals surface area (Å²) in [5, 5.41) is 12.6. The van der Waals surface area contributed by atoms with Gasteiger partial charge in [-0.1, -0.05) is 26.0 Å². The van der Waals surface area contributed by atoms with Gasteiger partial charge in [0.2, 0.25) is 0 Å². The first kappa shape index (κ1) is 15.3. The largest absolute Gasteiger partial charge is 0.396 e. The molecule has 1 fully saturated rings. The number of aliphatic hydroxyl groups excluding tert-OH is 1. The number of hydrogen-bond donors (Lipinski definition) is 2. The van der Waals surface area contributed by atoms with Crippen LogP contribution < -0.4 is 10.2 Å². The van der Waals surface area contributed by atoms with Crippen molar-refractivity contribution in [3.8, 4) is 0 Å². The summed E-state index contributed by atoms with van der Waals surface area (Å²) in [5.41, 5.74) is 1.75. The zero-order valence-corrected chi connectivity index (χ0v) is 12.4. The number of nitrogens with one attached hydrogen (secondary N) is 1. The van der Waals surface area contributed by atoms with Crippen LogP contribution in [0.15, 0.2) is 18.2 Å². The van der Waals surface area contributed by atoms with Gasteiger partial charge in [-0.3, -0.25) is 0 Å². The van der Waals surface area contributed by atoms with Crippen LogP contribution in [-0.4, -0.2) is 30.8 Å². The highest BCUT2D eigenvalue weighted by atomic mass is 19.1. The summed E-state index contributed by atoms with van der Waals surface area (Å²) < 4.78 is 14.2. The quantitative estimate of drug-likeness (QED) is 0.870. The first-order valence-electron chi connectivity index (χ1n) is 7.48. The summed E-state index contributed by atoms with van der Waals surface area (Å²) in [6.07, 6.45) is 1.86. The van der Waals surface area contributed by atoms with E-state index in [0.29, 0.717) is 18.5 Å². The predicted molar refractivity (Wildman–Crippen MR) is 80.4 cm³/mol. The molecule has 0 amide bonds. The van der Waals surface area contributed by atoms with Crippen molar-refractivity contribution in [3.05, 3.63) is 29.6 Å². The van der Waals surface area contributed by atoms with Gasteiger partial charge in [0, 0.05) is 32.3 Å². The van der Waals surface area contributed by atoms with Crippen molar-refractivity contribution < 1.29 is 9.50 Å². The average Bonchev–Trinajstić information content (AvgIpc) is 2.45. The number of halogens is 1. The van der Waals surface area contributed by atoms with Crippen LogP contribution >= 0.6 is 0 Å². The summed E-state index contributed by atoms with van der Waals surface area (Å²) in [6.45, 7) is 6.75. The highest BCUT2D eigenvalue weighted by Crippen LogP contribution is 2.29. The van der Waals surface area contributed by atoms with Gasteiger partial charge in [-0.2, -0.15) is 0 Å². The zero-order valence-electron chi connectivity index (χ0n) is 12.4. The number of rotatable bonds is 5. The van der Waals surface area contributed by atoms with Crippen molar-refractivity contribution in [1.29, 1.82) is 0 Å². The molecule has 1 aliphatic rings. The van der Waals surface area contributed by atoms with E-state index < -0.39 is 0 Å². The lowest BCUT2D eigenvalue weighted by Gasteiger charge is -2.34. The lowest BCUT2D eigenvalue weighted by molar-refractivity contribution is 0.202. The molecule has 0 atom stereocenters. The molecule has 3 nitrogen and oxygen atoms in total. The van der Waals surface area contributed by atoms with E-state index in [0.717, 1.165) is 37.2 Å². The number of aliphatic hydroxyl groups is 1. The van der Waals surface area contributed by atoms with Crippen molar-refractivity contribution in [3.63, 3.8) is 0 Å². The van der Waals surface area contributed by atoms with Gasteiger partial charge >= 0.3 is 0 Å². The lowest BCUT2D eigenvalue weighted by atomic mass is 9.96. The smallest absolute Gasteiger partial charge is 0.146 e. The van der Waals surface area contributed by atoms with Gasteiger partial charge in [-0.15, -0.1) is 0 Å². The number of para-hydroxylation sites is 1. The molecule has 0 spiro atoms. The Hall–Kier alpha value is -1.13. The van der Waals surface area contributed by atoms with Gasteiger partial charge in [0.1, 0.15) is 5.82 Å². The van der Waals surface area contributed by atoms with Gasteiger partial charge in [0.25, 0.3) is 0 Å². The summed E-state index contributed by atoms with van der Waals surface area (Å²) in [4.78, 5) is 2.12. The second-order valence-electron chi connectivity index (χ2n) is 5.90. The van der Waals surface area contributed by atoms with Crippen molar-refractivity contribution in [2.45, 2.75) is 39.3 Å². The molecule has 1 saturated heterocycles. The molecule has 2 rings (SSSR count). The molecule has 0 radical (unpaired) electrons. The fourth-order valence-corrected chi connectivity index (χ4v) is 2.71. The maximum atomic E-state index is 14.2. The number of hydrogen-bond acceptors (Lipinski definition) is 3. The minimum Gasteiger partial charge on any atom is -0.396 e. The minimum absolute atomic E-state index is 0.143. The van der Waals surface area contributed by atoms with Gasteiger partial charge in [-0.25, -0.2) is 4.39 Å². The van der Waals surface area contributed by atoms with E-state index in [9.17, 15) is 9.50 Å². The molecular formula is C16H25FN2O. The third kappa shape index (κ3) is 3.70. The molecule has 20 heavy (non-hydrogen) atoms. The van der Waals surface area contributed by atoms with E-state index in [2.05, 4.69) is 24.1 Å². The van der Waals surface area contributed by atoms with Gasteiger partial charge in [0.05, 0.1) is 5.69 Å². The first-order valence-corrected chi connectivity index (χ1v) is 7.48. The van der Waals surface area contributed by atoms with Crippen molar-refractivity contribution in [1.82, 2.24) is 5.32 Å². The summed E-state index contributed by atoms with van der Waals surface area (Å²) in [7, 11) is 0. The molecule has 2 N–H and O–H groups in total. The molecule has 1 aromatic rings. The third-order valence-electron chi connectivity index (χ3n) is 3.96. The Balaban J connectivity index is 2.13. The normalized spacial score (nSPS) is 16.9. The Labute approximate surface area is 120 Å². The average molecular weight is 280 g/mol. The molecule has 1 aliphatic heterocycles. The molecule has 0 aromatic heterocycles. The van der Waals surface area contributed by atoms with Crippen LogP contribution in [0.5, 0.6) is 0 Å². The Morgan fingerprint density at radius 2 is 2.05 bits per heavy atom. The second-order valence-corrected chi connectivity index (χ2v) is 5.90. The molecular weight excluding hydrogens is 255 g/mol. The van der Waals surface area contributed by atoms with Crippen LogP contribution in [0.1, 0.15) is 32.3 Å². The fourth-order valence-electron chi connectivity index (χ4n) is 2.71. The maximum absolute atomic E-state index is 14.2. The summed E-state index contributed by atoms with van der Waals surface area (Å²) in [6, 6.07) is 5.68. The molecule has 0 unspecified atom stereocenters. The maximum Gasteiger partial charge on any atom is 0.146 e. The van der Waals surface area contributed by atoms with Crippen LogP contribution in [0.25, 0.3) is 0 Å². The van der Waals surface area contributed by atoms with Crippen molar-refractivity contribution >= 4 is 5.69 Å². The molecule has 4 heteroatoms. The van der Waals surface area contributed by atoms with Crippen LogP contribution in [0.2, 0.25) is 0 Å². The number of nitrogens with zero attached hydrogens (tertiary/aromatic N) is 1. The number of piperidine rings is 1. The zero-order chi connectivity index (χ0) is 14.5. The fraction of sp³-hybridized carbons (Fsp3) is 0.625. The summed E-state index contributed by atoms with van der Waals surface area (Å²) in [5.74, 6) is 0.228. The standard InChI is InChI=1S/C16H25FN2O/c1-12(2)18-10-14-4-3-5-15(17)16(14)19-8-6-13(11-20)7-9-19/h3-5,12-13,18,20H,6-11H2,1-2H3. The molecule has 1 aromatic carbocycles. The van der Waals surface area contributed by atoms with E-state index in [1.807, 2.05) is 6.07 Å². The van der Waals surface area contributed by atoms with E-state index >= 15 is 0 Å². The highest BCUT2D eigenvalue weighted by molar-refractivity contribution is 5.55. The number of benzene rings is 1. The lowest BCUT2D eigenvalue weighted by Crippen LogP contribution is -2.36. The van der Waals surface area contributed by atoms with Gasteiger partial charge in [0.15, 0.2) is 0 Å². The highest BCUT2D eigenvalue weighted by Gasteiger charge is 2.22. The van der Waals surface area contributed by atoms with Crippen LogP contribution in [0.4, 0.5) is 10.1 Å². The predicted octanol–water partition coefficient (Wildman–Crippen LogP) is 2.53. The summed E-state index contributed by atoms with van der Waals surface area (Å²) >= 11 is 0. The van der Waals surface area contributed by atoms with Crippen LogP contribution in [0.3, 0.4) is 0 Å². The molecule has 0 aliphatic carbocycles. The molecule has 1 heterocycles. The Kier molecular flexibility index (Phi) is 5.38. The molecule has 112 valence electrons. The minimum atomic E-state index is -0.143. The molecule has 0 bridgehead atoms. The Bertz CT molecular complexity index is 428. The third-order valence-corrected chi connectivity index (χ3v) is 3.96. The van der Waals surface area contributed by atoms with Crippen molar-refractivity contribution in [2.75, 3.05) is 24.6 Å². The Morgan fingerprint density at radius 3 is 2.65 bits per heavy atom. The van der Waals surface area contributed by atoms with Crippen molar-refractivity contribution in [2.24, 2.45) is 5.92 Å². The van der Waals surface area contributed by atoms with E-state index in [1.165, 1.54) is 6.07 Å². The topological polar surface area (TPSA) is 35.5 Å².